The van der Waals surface area contributed by atoms with Crippen LogP contribution >= 0.6 is 0 Å². The van der Waals surface area contributed by atoms with Crippen LogP contribution < -0.4 is 11.0 Å². The average Bonchev–Trinajstić information content (AvgIpc) is 2.28. The first-order valence-electron chi connectivity index (χ1n) is 5.98. The zero-order valence-corrected chi connectivity index (χ0v) is 9.83. The number of unbranched alkanes of at least 4 members (excludes halogenated alkanes) is 5. The number of anilines is 1. The van der Waals surface area contributed by atoms with E-state index in [1.165, 1.54) is 38.3 Å². The van der Waals surface area contributed by atoms with Crippen molar-refractivity contribution >= 4 is 5.82 Å². The van der Waals surface area contributed by atoms with Crippen molar-refractivity contribution < 1.29 is 0 Å². The van der Waals surface area contributed by atoms with E-state index in [9.17, 15) is 4.79 Å². The molecule has 5 heteroatoms. The molecule has 0 radical (unpaired) electrons. The van der Waals surface area contributed by atoms with Gasteiger partial charge in [0, 0.05) is 6.54 Å². The van der Waals surface area contributed by atoms with E-state index in [1.54, 1.807) is 0 Å². The van der Waals surface area contributed by atoms with Gasteiger partial charge >= 0.3 is 5.69 Å². The van der Waals surface area contributed by atoms with Crippen LogP contribution in [0.5, 0.6) is 0 Å². The number of aromatic nitrogens is 3. The van der Waals surface area contributed by atoms with Crippen molar-refractivity contribution in [2.45, 2.75) is 45.4 Å². The van der Waals surface area contributed by atoms with Crippen LogP contribution in [0, 0.1) is 0 Å². The summed E-state index contributed by atoms with van der Waals surface area (Å²) in [5.74, 6) is 0.553. The minimum atomic E-state index is -0.409. The summed E-state index contributed by atoms with van der Waals surface area (Å²) in [7, 11) is 0. The molecule has 0 saturated carbocycles. The van der Waals surface area contributed by atoms with Crippen LogP contribution in [-0.4, -0.2) is 21.7 Å². The second-order valence-corrected chi connectivity index (χ2v) is 3.87. The van der Waals surface area contributed by atoms with Gasteiger partial charge in [-0.25, -0.2) is 9.89 Å². The van der Waals surface area contributed by atoms with Crippen LogP contribution in [-0.2, 0) is 0 Å². The Labute approximate surface area is 95.7 Å². The van der Waals surface area contributed by atoms with Gasteiger partial charge in [-0.2, -0.15) is 10.1 Å². The first-order valence-corrected chi connectivity index (χ1v) is 5.98. The van der Waals surface area contributed by atoms with E-state index in [-0.39, 0.29) is 0 Å². The molecule has 1 aromatic heterocycles. The van der Waals surface area contributed by atoms with Crippen LogP contribution in [0.25, 0.3) is 0 Å². The van der Waals surface area contributed by atoms with Crippen molar-refractivity contribution in [3.8, 4) is 0 Å². The zero-order chi connectivity index (χ0) is 11.6. The highest BCUT2D eigenvalue weighted by molar-refractivity contribution is 5.28. The molecular formula is C11H20N4O. The van der Waals surface area contributed by atoms with Crippen LogP contribution in [0.3, 0.4) is 0 Å². The molecule has 0 bridgehead atoms. The average molecular weight is 224 g/mol. The van der Waals surface area contributed by atoms with Crippen molar-refractivity contribution in [1.29, 1.82) is 0 Å². The maximum atomic E-state index is 10.8. The highest BCUT2D eigenvalue weighted by Gasteiger charge is 1.94. The number of nitrogens with zero attached hydrogens (tertiary/aromatic N) is 2. The SMILES string of the molecule is CCCCCCCCNc1cn[nH]c(=O)n1. The summed E-state index contributed by atoms with van der Waals surface area (Å²) in [6.45, 7) is 3.07. The number of aromatic amines is 1. The van der Waals surface area contributed by atoms with Gasteiger partial charge in [0.1, 0.15) is 0 Å². The van der Waals surface area contributed by atoms with Crippen LogP contribution in [0.4, 0.5) is 5.82 Å². The summed E-state index contributed by atoms with van der Waals surface area (Å²) < 4.78 is 0. The summed E-state index contributed by atoms with van der Waals surface area (Å²) in [6.07, 6.45) is 9.08. The van der Waals surface area contributed by atoms with Gasteiger partial charge in [-0.1, -0.05) is 39.0 Å². The maximum absolute atomic E-state index is 10.8. The summed E-state index contributed by atoms with van der Waals surface area (Å²) in [5, 5.41) is 8.98. The molecule has 0 amide bonds. The zero-order valence-electron chi connectivity index (χ0n) is 9.83. The molecule has 1 heterocycles. The molecule has 0 saturated heterocycles. The largest absolute Gasteiger partial charge is 0.369 e. The fourth-order valence-corrected chi connectivity index (χ4v) is 1.52. The molecule has 0 unspecified atom stereocenters. The van der Waals surface area contributed by atoms with Crippen molar-refractivity contribution in [1.82, 2.24) is 15.2 Å². The molecule has 0 aliphatic rings. The summed E-state index contributed by atoms with van der Waals surface area (Å²) in [4.78, 5) is 14.6. The Hall–Kier alpha value is -1.39. The number of hydrogen-bond donors (Lipinski definition) is 2. The molecule has 0 spiro atoms. The Kier molecular flexibility index (Phi) is 6.22. The standard InChI is InChI=1S/C11H20N4O/c1-2-3-4-5-6-7-8-12-10-9-13-15-11(16)14-10/h9H,2-8H2,1H3,(H2,12,14,15,16). The van der Waals surface area contributed by atoms with E-state index in [2.05, 4.69) is 27.4 Å². The minimum absolute atomic E-state index is 0.409. The Bertz CT molecular complexity index is 337. The third-order valence-corrected chi connectivity index (χ3v) is 2.41. The third kappa shape index (κ3) is 5.48. The molecule has 90 valence electrons. The van der Waals surface area contributed by atoms with E-state index in [4.69, 9.17) is 0 Å². The predicted octanol–water partition coefficient (Wildman–Crippen LogP) is 1.94. The van der Waals surface area contributed by atoms with Gasteiger partial charge in [-0.05, 0) is 6.42 Å². The lowest BCUT2D eigenvalue weighted by molar-refractivity contribution is 0.616. The van der Waals surface area contributed by atoms with Gasteiger partial charge in [0.25, 0.3) is 0 Å². The molecule has 16 heavy (non-hydrogen) atoms. The van der Waals surface area contributed by atoms with Gasteiger partial charge in [-0.15, -0.1) is 0 Å². The van der Waals surface area contributed by atoms with Gasteiger partial charge in [-0.3, -0.25) is 0 Å². The summed E-state index contributed by atoms with van der Waals surface area (Å²) >= 11 is 0. The van der Waals surface area contributed by atoms with Gasteiger partial charge in [0.2, 0.25) is 0 Å². The number of H-pyrrole nitrogens is 1. The lowest BCUT2D eigenvalue weighted by Gasteiger charge is -2.03. The van der Waals surface area contributed by atoms with Crippen molar-refractivity contribution in [2.24, 2.45) is 0 Å². The van der Waals surface area contributed by atoms with Crippen LogP contribution in [0.2, 0.25) is 0 Å². The molecule has 1 aromatic rings. The number of rotatable bonds is 8. The van der Waals surface area contributed by atoms with Gasteiger partial charge in [0.15, 0.2) is 5.82 Å². The van der Waals surface area contributed by atoms with E-state index in [0.717, 1.165) is 13.0 Å². The van der Waals surface area contributed by atoms with Crippen molar-refractivity contribution in [3.63, 3.8) is 0 Å². The van der Waals surface area contributed by atoms with E-state index >= 15 is 0 Å². The van der Waals surface area contributed by atoms with E-state index in [0.29, 0.717) is 5.82 Å². The predicted molar refractivity (Wildman–Crippen MR) is 64.5 cm³/mol. The number of hydrogen-bond acceptors (Lipinski definition) is 4. The monoisotopic (exact) mass is 224 g/mol. The van der Waals surface area contributed by atoms with Crippen molar-refractivity contribution in [3.05, 3.63) is 16.7 Å². The molecule has 0 aliphatic heterocycles. The Morgan fingerprint density at radius 3 is 2.75 bits per heavy atom. The molecule has 1 rings (SSSR count). The minimum Gasteiger partial charge on any atom is -0.369 e. The lowest BCUT2D eigenvalue weighted by Crippen LogP contribution is -2.15. The van der Waals surface area contributed by atoms with Gasteiger partial charge in [0.05, 0.1) is 6.20 Å². The lowest BCUT2D eigenvalue weighted by atomic mass is 10.1. The summed E-state index contributed by atoms with van der Waals surface area (Å²) in [6, 6.07) is 0. The molecule has 0 aromatic carbocycles. The molecule has 0 fully saturated rings. The third-order valence-electron chi connectivity index (χ3n) is 2.41. The van der Waals surface area contributed by atoms with Crippen LogP contribution in [0.15, 0.2) is 11.0 Å². The second kappa shape index (κ2) is 7.84. The Morgan fingerprint density at radius 2 is 2.00 bits per heavy atom. The Balaban J connectivity index is 2.05. The number of nitrogens with one attached hydrogen (secondary N) is 2. The topological polar surface area (TPSA) is 70.7 Å². The normalized spacial score (nSPS) is 10.3. The summed E-state index contributed by atoms with van der Waals surface area (Å²) in [5.41, 5.74) is -0.409. The smallest absolute Gasteiger partial charge is 0.363 e. The molecule has 2 N–H and O–H groups in total. The second-order valence-electron chi connectivity index (χ2n) is 3.87. The molecular weight excluding hydrogens is 204 g/mol. The van der Waals surface area contributed by atoms with Crippen molar-refractivity contribution in [2.75, 3.05) is 11.9 Å². The van der Waals surface area contributed by atoms with Gasteiger partial charge < -0.3 is 5.32 Å². The fraction of sp³-hybridized carbons (Fsp3) is 0.727. The first kappa shape index (κ1) is 12.7. The van der Waals surface area contributed by atoms with E-state index in [1.807, 2.05) is 0 Å². The fourth-order valence-electron chi connectivity index (χ4n) is 1.52. The highest BCUT2D eigenvalue weighted by atomic mass is 16.1. The first-order chi connectivity index (χ1) is 7.83. The molecule has 5 nitrogen and oxygen atoms in total. The van der Waals surface area contributed by atoms with Crippen LogP contribution in [0.1, 0.15) is 45.4 Å². The van der Waals surface area contributed by atoms with E-state index < -0.39 is 5.69 Å². The highest BCUT2D eigenvalue weighted by Crippen LogP contribution is 2.05. The molecule has 0 aliphatic carbocycles. The molecule has 0 atom stereocenters. The Morgan fingerprint density at radius 1 is 1.25 bits per heavy atom. The quantitative estimate of drug-likeness (QED) is 0.662. The maximum Gasteiger partial charge on any atom is 0.363 e.